The standard InChI is InChI=1S/C39H60N6O7S/c1-10-53(51,52)43-31-22-29(37(48)40-27(7)28-15-12-11-13-16-28)21-30(23-31)38(49)41-32(19-24(2)3)33(46)20-26(6)36(47)42-35(25(4)5)39(50)45(9)34-17-14-18-44(34)8/h11-13,15-16,21-27,32-35,43,46H,10,14,17-20H2,1-9H3,(H,40,48)(H,41,49)(H,42,47). The monoisotopic (exact) mass is 756 g/mol. The molecule has 0 saturated carbocycles. The van der Waals surface area contributed by atoms with Crippen molar-refractivity contribution in [3.63, 3.8) is 0 Å². The molecule has 3 rings (SSSR count). The topological polar surface area (TPSA) is 177 Å². The molecule has 6 unspecified atom stereocenters. The molecule has 0 aromatic heterocycles. The summed E-state index contributed by atoms with van der Waals surface area (Å²) in [6.07, 6.45) is 1.07. The van der Waals surface area contributed by atoms with Gasteiger partial charge in [0.2, 0.25) is 21.8 Å². The van der Waals surface area contributed by atoms with Crippen molar-refractivity contribution in [2.45, 2.75) is 105 Å². The highest BCUT2D eigenvalue weighted by atomic mass is 32.2. The minimum absolute atomic E-state index is 0.00504. The second-order valence-electron chi connectivity index (χ2n) is 15.1. The fourth-order valence-corrected chi connectivity index (χ4v) is 7.19. The summed E-state index contributed by atoms with van der Waals surface area (Å²) in [5.41, 5.74) is 0.995. The highest BCUT2D eigenvalue weighted by Crippen LogP contribution is 2.23. The molecule has 1 heterocycles. The highest BCUT2D eigenvalue weighted by molar-refractivity contribution is 7.92. The van der Waals surface area contributed by atoms with Crippen LogP contribution in [0, 0.1) is 17.8 Å². The van der Waals surface area contributed by atoms with Gasteiger partial charge in [0, 0.05) is 24.1 Å². The zero-order valence-corrected chi connectivity index (χ0v) is 33.5. The largest absolute Gasteiger partial charge is 0.391 e. The van der Waals surface area contributed by atoms with E-state index in [-0.39, 0.29) is 64.8 Å². The number of sulfonamides is 1. The van der Waals surface area contributed by atoms with E-state index < -0.39 is 45.9 Å². The van der Waals surface area contributed by atoms with Crippen LogP contribution in [0.4, 0.5) is 5.69 Å². The summed E-state index contributed by atoms with van der Waals surface area (Å²) in [5, 5.41) is 20.1. The summed E-state index contributed by atoms with van der Waals surface area (Å²) in [4.78, 5) is 58.0. The summed E-state index contributed by atoms with van der Waals surface area (Å²) < 4.78 is 27.4. The van der Waals surface area contributed by atoms with Crippen molar-refractivity contribution in [3.8, 4) is 0 Å². The lowest BCUT2D eigenvalue weighted by molar-refractivity contribution is -0.141. The summed E-state index contributed by atoms with van der Waals surface area (Å²) >= 11 is 0. The van der Waals surface area contributed by atoms with Gasteiger partial charge < -0.3 is 26.0 Å². The third kappa shape index (κ3) is 12.5. The molecule has 4 amide bonds. The maximum atomic E-state index is 13.8. The first-order valence-electron chi connectivity index (χ1n) is 18.6. The molecule has 14 heteroatoms. The van der Waals surface area contributed by atoms with Gasteiger partial charge in [-0.15, -0.1) is 0 Å². The fourth-order valence-electron chi connectivity index (χ4n) is 6.57. The number of rotatable bonds is 18. The van der Waals surface area contributed by atoms with Gasteiger partial charge in [-0.3, -0.25) is 28.8 Å². The van der Waals surface area contributed by atoms with Gasteiger partial charge in [-0.25, -0.2) is 8.42 Å². The molecule has 13 nitrogen and oxygen atoms in total. The van der Waals surface area contributed by atoms with Gasteiger partial charge in [-0.1, -0.05) is 65.0 Å². The van der Waals surface area contributed by atoms with Crippen LogP contribution >= 0.6 is 0 Å². The Hall–Kier alpha value is -4.01. The Morgan fingerprint density at radius 3 is 2.04 bits per heavy atom. The molecule has 2 aromatic carbocycles. The van der Waals surface area contributed by atoms with E-state index in [4.69, 9.17) is 0 Å². The number of hydrogen-bond acceptors (Lipinski definition) is 8. The number of likely N-dealkylation sites (tertiary alicyclic amines) is 1. The first-order chi connectivity index (χ1) is 24.8. The molecule has 0 aliphatic carbocycles. The number of amides is 4. The Balaban J connectivity index is 1.79. The molecule has 53 heavy (non-hydrogen) atoms. The van der Waals surface area contributed by atoms with Crippen LogP contribution in [0.15, 0.2) is 48.5 Å². The number of hydrogen-bond donors (Lipinski definition) is 5. The molecule has 1 aliphatic rings. The van der Waals surface area contributed by atoms with Gasteiger partial charge in [-0.05, 0) is 88.7 Å². The number of aliphatic hydroxyl groups excluding tert-OH is 1. The number of aliphatic hydroxyl groups is 1. The number of carbonyl (C=O) groups excluding carboxylic acids is 4. The van der Waals surface area contributed by atoms with E-state index in [0.717, 1.165) is 24.9 Å². The number of anilines is 1. The number of carbonyl (C=O) groups is 4. The van der Waals surface area contributed by atoms with E-state index in [2.05, 4.69) is 25.6 Å². The minimum Gasteiger partial charge on any atom is -0.391 e. The van der Waals surface area contributed by atoms with Gasteiger partial charge in [0.05, 0.1) is 35.8 Å². The van der Waals surface area contributed by atoms with Gasteiger partial charge >= 0.3 is 0 Å². The second-order valence-corrected chi connectivity index (χ2v) is 17.1. The van der Waals surface area contributed by atoms with Crippen molar-refractivity contribution >= 4 is 39.3 Å². The van der Waals surface area contributed by atoms with E-state index in [1.54, 1.807) is 18.9 Å². The Morgan fingerprint density at radius 2 is 1.51 bits per heavy atom. The molecule has 5 N–H and O–H groups in total. The summed E-state index contributed by atoms with van der Waals surface area (Å²) in [7, 11) is -0.00428. The van der Waals surface area contributed by atoms with Crippen LogP contribution in [-0.4, -0.2) is 97.7 Å². The van der Waals surface area contributed by atoms with Crippen LogP contribution in [0.3, 0.4) is 0 Å². The van der Waals surface area contributed by atoms with E-state index in [1.807, 2.05) is 72.0 Å². The normalized spacial score (nSPS) is 17.8. The lowest BCUT2D eigenvalue weighted by atomic mass is 9.91. The zero-order chi connectivity index (χ0) is 39.6. The summed E-state index contributed by atoms with van der Waals surface area (Å²) in [5.74, 6) is -2.71. The molecule has 294 valence electrons. The number of benzene rings is 2. The third-order valence-electron chi connectivity index (χ3n) is 9.81. The first-order valence-corrected chi connectivity index (χ1v) is 20.3. The van der Waals surface area contributed by atoms with Gasteiger partial charge in [-0.2, -0.15) is 0 Å². The van der Waals surface area contributed by atoms with Gasteiger partial charge in [0.15, 0.2) is 0 Å². The fraction of sp³-hybridized carbons (Fsp3) is 0.590. The van der Waals surface area contributed by atoms with Gasteiger partial charge in [0.25, 0.3) is 11.8 Å². The molecule has 1 saturated heterocycles. The van der Waals surface area contributed by atoms with E-state index in [1.165, 1.54) is 25.1 Å². The number of nitrogens with one attached hydrogen (secondary N) is 4. The highest BCUT2D eigenvalue weighted by Gasteiger charge is 2.35. The molecular formula is C39H60N6O7S. The van der Waals surface area contributed by atoms with Crippen LogP contribution in [0.25, 0.3) is 0 Å². The SMILES string of the molecule is CCS(=O)(=O)Nc1cc(C(=O)NC(C)c2ccccc2)cc(C(=O)NC(CC(C)C)C(O)CC(C)C(=O)NC(C(=O)N(C)C2CCCN2C)C(C)C)c1. The molecule has 6 atom stereocenters. The Labute approximate surface area is 315 Å². The lowest BCUT2D eigenvalue weighted by Crippen LogP contribution is -2.55. The van der Waals surface area contributed by atoms with Gasteiger partial charge in [0.1, 0.15) is 6.04 Å². The van der Waals surface area contributed by atoms with Crippen molar-refractivity contribution in [2.24, 2.45) is 17.8 Å². The average Bonchev–Trinajstić information content (AvgIpc) is 3.54. The minimum atomic E-state index is -3.75. The molecule has 1 aliphatic heterocycles. The molecule has 2 aromatic rings. The van der Waals surface area contributed by atoms with E-state index in [0.29, 0.717) is 6.42 Å². The summed E-state index contributed by atoms with van der Waals surface area (Å²) in [6.45, 7) is 13.5. The predicted molar refractivity (Wildman–Crippen MR) is 208 cm³/mol. The number of nitrogens with zero attached hydrogens (tertiary/aromatic N) is 2. The zero-order valence-electron chi connectivity index (χ0n) is 32.7. The van der Waals surface area contributed by atoms with Crippen LogP contribution in [-0.2, 0) is 19.6 Å². The van der Waals surface area contributed by atoms with Crippen LogP contribution in [0.2, 0.25) is 0 Å². The Bertz CT molecular complexity index is 1670. The Kier molecular flexibility index (Phi) is 15.8. The smallest absolute Gasteiger partial charge is 0.251 e. The third-order valence-corrected chi connectivity index (χ3v) is 11.1. The van der Waals surface area contributed by atoms with Crippen molar-refractivity contribution in [1.82, 2.24) is 25.8 Å². The molecule has 0 spiro atoms. The van der Waals surface area contributed by atoms with Crippen molar-refractivity contribution < 1.29 is 32.7 Å². The van der Waals surface area contributed by atoms with Crippen LogP contribution in [0.1, 0.15) is 106 Å². The van der Waals surface area contributed by atoms with E-state index >= 15 is 0 Å². The van der Waals surface area contributed by atoms with Crippen molar-refractivity contribution in [1.29, 1.82) is 0 Å². The first kappa shape index (κ1) is 43.4. The van der Waals surface area contributed by atoms with E-state index in [9.17, 15) is 32.7 Å². The quantitative estimate of drug-likeness (QED) is 0.151. The molecule has 1 fully saturated rings. The van der Waals surface area contributed by atoms with Crippen LogP contribution in [0.5, 0.6) is 0 Å². The lowest BCUT2D eigenvalue weighted by Gasteiger charge is -2.34. The number of likely N-dealkylation sites (N-methyl/N-ethyl adjacent to an activating group) is 1. The molecular weight excluding hydrogens is 697 g/mol. The van der Waals surface area contributed by atoms with Crippen LogP contribution < -0.4 is 20.7 Å². The molecule has 0 radical (unpaired) electrons. The second kappa shape index (κ2) is 19.4. The maximum absolute atomic E-state index is 13.8. The summed E-state index contributed by atoms with van der Waals surface area (Å²) in [6, 6.07) is 11.5. The van der Waals surface area contributed by atoms with Crippen molar-refractivity contribution in [3.05, 3.63) is 65.2 Å². The Morgan fingerprint density at radius 1 is 0.906 bits per heavy atom. The maximum Gasteiger partial charge on any atom is 0.251 e. The average molecular weight is 757 g/mol. The molecule has 0 bridgehead atoms. The van der Waals surface area contributed by atoms with Crippen molar-refractivity contribution in [2.75, 3.05) is 31.1 Å². The predicted octanol–water partition coefficient (Wildman–Crippen LogP) is 4.12.